The van der Waals surface area contributed by atoms with E-state index in [0.29, 0.717) is 18.9 Å². The first-order valence-electron chi connectivity index (χ1n) is 11.1. The van der Waals surface area contributed by atoms with Gasteiger partial charge in [-0.05, 0) is 50.1 Å². The Morgan fingerprint density at radius 1 is 1.28 bits per heavy atom. The second kappa shape index (κ2) is 9.83. The largest absolute Gasteiger partial charge is 0.416 e. The van der Waals surface area contributed by atoms with E-state index in [1.54, 1.807) is 0 Å². The minimum atomic E-state index is -4.72. The molecule has 0 radical (unpaired) electrons. The normalized spacial score (nSPS) is 19.1. The molecule has 1 saturated carbocycles. The molecule has 1 aromatic carbocycles. The zero-order valence-corrected chi connectivity index (χ0v) is 19.8. The number of hydrogen-bond acceptors (Lipinski definition) is 5. The summed E-state index contributed by atoms with van der Waals surface area (Å²) in [5, 5.41) is 18.9. The quantitative estimate of drug-likeness (QED) is 0.535. The maximum atomic E-state index is 13.8. The van der Waals surface area contributed by atoms with E-state index in [1.165, 1.54) is 24.0 Å². The number of β-amino-alcohol motifs (C(OH)–C–C–N with tert-alkyl or cyclic N) is 1. The third-order valence-electron chi connectivity index (χ3n) is 5.95. The fourth-order valence-corrected chi connectivity index (χ4v) is 4.32. The number of hydrogen-bond donors (Lipinski definition) is 2. The average molecular weight is 531 g/mol. The molecule has 1 aliphatic heterocycles. The Morgan fingerprint density at radius 3 is 2.56 bits per heavy atom. The van der Waals surface area contributed by atoms with Crippen molar-refractivity contribution in [3.8, 4) is 0 Å². The summed E-state index contributed by atoms with van der Waals surface area (Å²) in [5.74, 6) is -1.68. The van der Waals surface area contributed by atoms with Crippen LogP contribution < -0.4 is 9.80 Å². The van der Waals surface area contributed by atoms with Crippen LogP contribution in [0.15, 0.2) is 30.3 Å². The van der Waals surface area contributed by atoms with Gasteiger partial charge in [-0.25, -0.2) is 14.2 Å². The highest BCUT2D eigenvalue weighted by atomic mass is 35.5. The summed E-state index contributed by atoms with van der Waals surface area (Å²) in [4.78, 5) is 34.5. The van der Waals surface area contributed by atoms with Crippen molar-refractivity contribution in [2.24, 2.45) is 0 Å². The minimum Gasteiger partial charge on any atom is -0.394 e. The van der Waals surface area contributed by atoms with E-state index < -0.39 is 48.2 Å². The maximum absolute atomic E-state index is 13.8. The van der Waals surface area contributed by atoms with Crippen LogP contribution in [0.3, 0.4) is 0 Å². The van der Waals surface area contributed by atoms with Gasteiger partial charge >= 0.3 is 12.2 Å². The number of benzene rings is 1. The molecule has 2 heterocycles. The van der Waals surface area contributed by atoms with Crippen LogP contribution in [0.4, 0.5) is 33.9 Å². The van der Waals surface area contributed by atoms with Gasteiger partial charge in [0.25, 0.3) is 5.91 Å². The van der Waals surface area contributed by atoms with Crippen LogP contribution in [0.5, 0.6) is 0 Å². The number of nitrogens with zero attached hydrogens (tertiary/aromatic N) is 4. The molecule has 2 aliphatic rings. The Hall–Kier alpha value is -2.96. The lowest BCUT2D eigenvalue weighted by Crippen LogP contribution is -2.49. The molecule has 3 amide bonds. The van der Waals surface area contributed by atoms with E-state index in [4.69, 9.17) is 11.6 Å². The number of alkyl halides is 3. The Labute approximate surface area is 208 Å². The lowest BCUT2D eigenvalue weighted by atomic mass is 10.1. The summed E-state index contributed by atoms with van der Waals surface area (Å²) in [6.45, 7) is 0.0508. The number of halogens is 5. The van der Waals surface area contributed by atoms with Crippen molar-refractivity contribution >= 4 is 35.0 Å². The average Bonchev–Trinajstić information content (AvgIpc) is 3.58. The standard InChI is InChI=1S/C23H23ClF4N4O4/c1-12-6-13(23(26,27)28)7-20(29-12)32-19(10-30(22(32)36)9-16(34)11-33)21(35)31(14-2-3-14)15-4-5-18(25)17(24)8-15/h4-8,14,16,19,33-34H,2-3,9-11H2,1H3. The number of aliphatic hydroxyl groups excluding tert-OH is 2. The fraction of sp³-hybridized carbons (Fsp3) is 0.435. The summed E-state index contributed by atoms with van der Waals surface area (Å²) in [6.07, 6.45) is -4.77. The number of urea groups is 1. The second-order valence-electron chi connectivity index (χ2n) is 8.80. The molecule has 4 rings (SSSR count). The van der Waals surface area contributed by atoms with Crippen LogP contribution in [0.2, 0.25) is 5.02 Å². The van der Waals surface area contributed by atoms with Crippen molar-refractivity contribution in [2.75, 3.05) is 29.5 Å². The minimum absolute atomic E-state index is 0.0166. The third-order valence-corrected chi connectivity index (χ3v) is 6.24. The van der Waals surface area contributed by atoms with Crippen LogP contribution in [0.25, 0.3) is 0 Å². The van der Waals surface area contributed by atoms with Gasteiger partial charge in [0.05, 0.1) is 36.4 Å². The molecule has 0 spiro atoms. The van der Waals surface area contributed by atoms with Crippen molar-refractivity contribution in [1.82, 2.24) is 9.88 Å². The summed E-state index contributed by atoms with van der Waals surface area (Å²) in [6, 6.07) is 2.83. The molecule has 2 aromatic rings. The van der Waals surface area contributed by atoms with Gasteiger partial charge < -0.3 is 20.0 Å². The molecular formula is C23H23ClF4N4O4. The van der Waals surface area contributed by atoms with Gasteiger partial charge in [0.15, 0.2) is 0 Å². The molecule has 2 unspecified atom stereocenters. The highest BCUT2D eigenvalue weighted by molar-refractivity contribution is 6.31. The van der Waals surface area contributed by atoms with Gasteiger partial charge in [0.2, 0.25) is 0 Å². The van der Waals surface area contributed by atoms with E-state index in [0.717, 1.165) is 21.9 Å². The zero-order valence-electron chi connectivity index (χ0n) is 19.0. The second-order valence-corrected chi connectivity index (χ2v) is 9.21. The molecule has 1 saturated heterocycles. The molecule has 194 valence electrons. The van der Waals surface area contributed by atoms with Gasteiger partial charge in [0.1, 0.15) is 17.7 Å². The van der Waals surface area contributed by atoms with Crippen LogP contribution in [-0.4, -0.2) is 69.9 Å². The van der Waals surface area contributed by atoms with Crippen molar-refractivity contribution in [3.05, 3.63) is 52.4 Å². The number of rotatable bonds is 7. The molecule has 1 aliphatic carbocycles. The molecule has 0 bridgehead atoms. The number of aryl methyl sites for hydroxylation is 1. The maximum Gasteiger partial charge on any atom is 0.416 e. The monoisotopic (exact) mass is 530 g/mol. The van der Waals surface area contributed by atoms with E-state index in [-0.39, 0.29) is 41.4 Å². The van der Waals surface area contributed by atoms with Crippen LogP contribution in [0, 0.1) is 12.7 Å². The van der Waals surface area contributed by atoms with Crippen molar-refractivity contribution in [2.45, 2.75) is 44.1 Å². The Kier molecular flexibility index (Phi) is 7.13. The number of carbonyl (C=O) groups excluding carboxylic acids is 2. The number of aliphatic hydroxyl groups is 2. The van der Waals surface area contributed by atoms with Crippen LogP contribution in [0.1, 0.15) is 24.1 Å². The molecular weight excluding hydrogens is 508 g/mol. The number of pyridine rings is 1. The number of amides is 3. The SMILES string of the molecule is Cc1cc(C(F)(F)F)cc(N2C(=O)N(CC(O)CO)CC2C(=O)N(c2ccc(F)c(Cl)c2)C2CC2)n1. The highest BCUT2D eigenvalue weighted by Gasteiger charge is 2.48. The third kappa shape index (κ3) is 5.25. The molecule has 2 atom stereocenters. The topological polar surface area (TPSA) is 97.2 Å². The van der Waals surface area contributed by atoms with Crippen LogP contribution in [-0.2, 0) is 11.0 Å². The summed E-state index contributed by atoms with van der Waals surface area (Å²) < 4.78 is 54.2. The van der Waals surface area contributed by atoms with Gasteiger partial charge in [-0.1, -0.05) is 11.6 Å². The van der Waals surface area contributed by atoms with Crippen molar-refractivity contribution in [1.29, 1.82) is 0 Å². The summed E-state index contributed by atoms with van der Waals surface area (Å²) in [5.41, 5.74) is -0.775. The Balaban J connectivity index is 1.76. The molecule has 8 nitrogen and oxygen atoms in total. The molecule has 36 heavy (non-hydrogen) atoms. The lowest BCUT2D eigenvalue weighted by Gasteiger charge is -2.29. The Morgan fingerprint density at radius 2 is 1.97 bits per heavy atom. The first-order chi connectivity index (χ1) is 16.9. The van der Waals surface area contributed by atoms with E-state index in [1.807, 2.05) is 0 Å². The van der Waals surface area contributed by atoms with Crippen molar-refractivity contribution in [3.63, 3.8) is 0 Å². The first-order valence-corrected chi connectivity index (χ1v) is 11.5. The summed E-state index contributed by atoms with van der Waals surface area (Å²) >= 11 is 5.92. The predicted molar refractivity (Wildman–Crippen MR) is 122 cm³/mol. The van der Waals surface area contributed by atoms with E-state index in [9.17, 15) is 37.4 Å². The fourth-order valence-electron chi connectivity index (χ4n) is 4.15. The molecule has 13 heteroatoms. The number of aromatic nitrogens is 1. The van der Waals surface area contributed by atoms with E-state index >= 15 is 0 Å². The Bertz CT molecular complexity index is 1180. The van der Waals surface area contributed by atoms with Crippen molar-refractivity contribution < 1.29 is 37.4 Å². The zero-order chi connectivity index (χ0) is 26.4. The number of carbonyl (C=O) groups is 2. The predicted octanol–water partition coefficient (Wildman–Crippen LogP) is 3.36. The summed E-state index contributed by atoms with van der Waals surface area (Å²) in [7, 11) is 0. The highest BCUT2D eigenvalue weighted by Crippen LogP contribution is 2.37. The molecule has 2 N–H and O–H groups in total. The first kappa shape index (κ1) is 26.1. The molecule has 2 fully saturated rings. The van der Waals surface area contributed by atoms with E-state index in [2.05, 4.69) is 4.98 Å². The van der Waals surface area contributed by atoms with Gasteiger partial charge in [-0.3, -0.25) is 9.69 Å². The number of anilines is 2. The van der Waals surface area contributed by atoms with Gasteiger partial charge in [-0.15, -0.1) is 0 Å². The van der Waals surface area contributed by atoms with Gasteiger partial charge in [0, 0.05) is 17.4 Å². The lowest BCUT2D eigenvalue weighted by molar-refractivity contribution is -0.137. The smallest absolute Gasteiger partial charge is 0.394 e. The van der Waals surface area contributed by atoms with Gasteiger partial charge in [-0.2, -0.15) is 13.2 Å². The molecule has 1 aromatic heterocycles. The van der Waals surface area contributed by atoms with Crippen LogP contribution >= 0.6 is 11.6 Å².